The Labute approximate surface area is 234 Å². The highest BCUT2D eigenvalue weighted by Gasteiger charge is 2.35. The van der Waals surface area contributed by atoms with Crippen LogP contribution in [0.5, 0.6) is 5.75 Å². The Balaban J connectivity index is 1.50. The molecule has 0 bridgehead atoms. The molecule has 41 heavy (non-hydrogen) atoms. The molecule has 0 radical (unpaired) electrons. The lowest BCUT2D eigenvalue weighted by Gasteiger charge is -2.42. The van der Waals surface area contributed by atoms with E-state index in [9.17, 15) is 13.2 Å². The zero-order chi connectivity index (χ0) is 29.1. The molecule has 1 aliphatic heterocycles. The number of piperidine rings is 1. The second-order valence-electron chi connectivity index (χ2n) is 10.5. The number of imidazole rings is 1. The second kappa shape index (κ2) is 11.8. The Morgan fingerprint density at radius 2 is 1.85 bits per heavy atom. The summed E-state index contributed by atoms with van der Waals surface area (Å²) in [7, 11) is 0. The van der Waals surface area contributed by atoms with Gasteiger partial charge in [-0.25, -0.2) is 28.1 Å². The fraction of sp³-hybridized carbons (Fsp3) is 0.444. The number of hydrogen-bond acceptors (Lipinski definition) is 10. The standard InChI is InChI=1S/C27H32F3N9O2/c1-16(2)40-15-41-22-10-34-20(7-18(22)28)19-6-17(11-39-14-37-24-25(31)35-13-36-26(24)39)21(9-33-19)38-5-3-4-27(32,12-38)8-23(29)30/h6-7,9-10,13-14,16,23H,3-5,8,11-12,15,32H2,1-2H3,(H2,31,35,36)/t27-/m0/s1. The van der Waals surface area contributed by atoms with Crippen molar-refractivity contribution in [1.29, 1.82) is 0 Å². The molecule has 5 heterocycles. The smallest absolute Gasteiger partial charge is 0.240 e. The van der Waals surface area contributed by atoms with E-state index in [-0.39, 0.29) is 37.6 Å². The van der Waals surface area contributed by atoms with Crippen LogP contribution in [0.3, 0.4) is 0 Å². The van der Waals surface area contributed by atoms with E-state index in [1.807, 2.05) is 18.7 Å². The zero-order valence-corrected chi connectivity index (χ0v) is 22.8. The zero-order valence-electron chi connectivity index (χ0n) is 22.8. The molecule has 1 fully saturated rings. The normalized spacial score (nSPS) is 17.6. The summed E-state index contributed by atoms with van der Waals surface area (Å²) in [4.78, 5) is 23.5. The van der Waals surface area contributed by atoms with Crippen molar-refractivity contribution in [3.8, 4) is 17.1 Å². The van der Waals surface area contributed by atoms with Crippen molar-refractivity contribution in [2.75, 3.05) is 30.5 Å². The quantitative estimate of drug-likeness (QED) is 0.270. The molecule has 0 unspecified atom stereocenters. The van der Waals surface area contributed by atoms with Gasteiger partial charge < -0.3 is 30.4 Å². The highest BCUT2D eigenvalue weighted by atomic mass is 19.3. The molecule has 0 amide bonds. The maximum atomic E-state index is 14.9. The van der Waals surface area contributed by atoms with Crippen molar-refractivity contribution in [2.45, 2.75) is 57.7 Å². The van der Waals surface area contributed by atoms with E-state index < -0.39 is 24.2 Å². The summed E-state index contributed by atoms with van der Waals surface area (Å²) < 4.78 is 54.0. The Bertz CT molecular complexity index is 1520. The van der Waals surface area contributed by atoms with Crippen LogP contribution >= 0.6 is 0 Å². The van der Waals surface area contributed by atoms with Crippen molar-refractivity contribution >= 4 is 22.7 Å². The van der Waals surface area contributed by atoms with Crippen LogP contribution in [0, 0.1) is 5.82 Å². The molecular weight excluding hydrogens is 539 g/mol. The number of rotatable bonds is 10. The molecule has 1 saturated heterocycles. The third kappa shape index (κ3) is 6.49. The van der Waals surface area contributed by atoms with Gasteiger partial charge in [0.25, 0.3) is 0 Å². The van der Waals surface area contributed by atoms with Crippen LogP contribution in [-0.4, -0.2) is 67.4 Å². The number of aromatic nitrogens is 6. The molecule has 14 heteroatoms. The van der Waals surface area contributed by atoms with Gasteiger partial charge in [-0.1, -0.05) is 0 Å². The van der Waals surface area contributed by atoms with Crippen LogP contribution in [0.1, 0.15) is 38.7 Å². The maximum Gasteiger partial charge on any atom is 0.240 e. The van der Waals surface area contributed by atoms with E-state index >= 15 is 0 Å². The number of pyridine rings is 2. The largest absolute Gasteiger partial charge is 0.463 e. The van der Waals surface area contributed by atoms with Gasteiger partial charge in [0, 0.05) is 31.1 Å². The van der Waals surface area contributed by atoms with E-state index in [4.69, 9.17) is 20.9 Å². The number of halogens is 3. The summed E-state index contributed by atoms with van der Waals surface area (Å²) in [6.07, 6.45) is 4.05. The van der Waals surface area contributed by atoms with Crippen LogP contribution in [0.4, 0.5) is 24.7 Å². The van der Waals surface area contributed by atoms with Gasteiger partial charge in [-0.2, -0.15) is 0 Å². The Hall–Kier alpha value is -4.04. The van der Waals surface area contributed by atoms with Gasteiger partial charge in [0.2, 0.25) is 6.43 Å². The minimum Gasteiger partial charge on any atom is -0.463 e. The SMILES string of the molecule is CC(C)OCOc1cnc(-c2cc(Cn3cnc4c(N)ncnc43)c(N3CCC[C@](N)(CC(F)F)C3)cn2)cc1F. The molecule has 4 aromatic heterocycles. The van der Waals surface area contributed by atoms with E-state index in [2.05, 4.69) is 24.9 Å². The van der Waals surface area contributed by atoms with Gasteiger partial charge in [0.05, 0.1) is 48.4 Å². The van der Waals surface area contributed by atoms with E-state index in [0.717, 1.165) is 5.56 Å². The highest BCUT2D eigenvalue weighted by Crippen LogP contribution is 2.33. The maximum absolute atomic E-state index is 14.9. The van der Waals surface area contributed by atoms with E-state index in [0.29, 0.717) is 47.6 Å². The highest BCUT2D eigenvalue weighted by molar-refractivity contribution is 5.81. The summed E-state index contributed by atoms with van der Waals surface area (Å²) in [6, 6.07) is 3.03. The summed E-state index contributed by atoms with van der Waals surface area (Å²) in [6.45, 7) is 4.73. The molecule has 0 spiro atoms. The Morgan fingerprint density at radius 1 is 1.07 bits per heavy atom. The fourth-order valence-corrected chi connectivity index (χ4v) is 4.98. The minimum absolute atomic E-state index is 0.0416. The molecule has 11 nitrogen and oxygen atoms in total. The summed E-state index contributed by atoms with van der Waals surface area (Å²) in [5, 5.41) is 0. The first kappa shape index (κ1) is 28.5. The fourth-order valence-electron chi connectivity index (χ4n) is 4.98. The van der Waals surface area contributed by atoms with Crippen molar-refractivity contribution in [1.82, 2.24) is 29.5 Å². The second-order valence-corrected chi connectivity index (χ2v) is 10.5. The van der Waals surface area contributed by atoms with Crippen LogP contribution < -0.4 is 21.1 Å². The lowest BCUT2D eigenvalue weighted by molar-refractivity contribution is -0.0218. The number of fused-ring (bicyclic) bond motifs is 1. The lowest BCUT2D eigenvalue weighted by atomic mass is 9.86. The van der Waals surface area contributed by atoms with Crippen molar-refractivity contribution in [3.05, 3.63) is 48.6 Å². The number of nitrogen functional groups attached to an aromatic ring is 1. The molecular formula is C27H32F3N9O2. The molecule has 1 aliphatic rings. The van der Waals surface area contributed by atoms with E-state index in [1.165, 1.54) is 18.6 Å². The number of hydrogen-bond donors (Lipinski definition) is 2. The molecule has 1 atom stereocenters. The molecule has 4 N–H and O–H groups in total. The van der Waals surface area contributed by atoms with Gasteiger partial charge in [0.1, 0.15) is 11.8 Å². The Morgan fingerprint density at radius 3 is 2.61 bits per heavy atom. The third-order valence-corrected chi connectivity index (χ3v) is 6.94. The third-order valence-electron chi connectivity index (χ3n) is 6.94. The molecule has 0 aliphatic carbocycles. The number of nitrogens with zero attached hydrogens (tertiary/aromatic N) is 7. The first-order chi connectivity index (χ1) is 19.6. The number of ether oxygens (including phenoxy) is 2. The predicted octanol–water partition coefficient (Wildman–Crippen LogP) is 3.77. The number of nitrogens with two attached hydrogens (primary N) is 2. The van der Waals surface area contributed by atoms with Gasteiger partial charge >= 0.3 is 0 Å². The molecule has 5 rings (SSSR count). The molecule has 218 valence electrons. The predicted molar refractivity (Wildman–Crippen MR) is 147 cm³/mol. The van der Waals surface area contributed by atoms with Crippen LogP contribution in [0.25, 0.3) is 22.6 Å². The summed E-state index contributed by atoms with van der Waals surface area (Å²) in [5.74, 6) is -0.403. The number of anilines is 2. The van der Waals surface area contributed by atoms with Crippen LogP contribution in [-0.2, 0) is 11.3 Å². The molecule has 0 aromatic carbocycles. The van der Waals surface area contributed by atoms with Crippen molar-refractivity contribution in [3.63, 3.8) is 0 Å². The average Bonchev–Trinajstić information content (AvgIpc) is 3.32. The van der Waals surface area contributed by atoms with Gasteiger partial charge in [-0.15, -0.1) is 0 Å². The van der Waals surface area contributed by atoms with Crippen LogP contribution in [0.2, 0.25) is 0 Å². The first-order valence-electron chi connectivity index (χ1n) is 13.2. The number of alkyl halides is 2. The molecule has 0 saturated carbocycles. The monoisotopic (exact) mass is 571 g/mol. The van der Waals surface area contributed by atoms with Gasteiger partial charge in [0.15, 0.2) is 29.8 Å². The Kier molecular flexibility index (Phi) is 8.22. The topological polar surface area (TPSA) is 143 Å². The summed E-state index contributed by atoms with van der Waals surface area (Å²) >= 11 is 0. The van der Waals surface area contributed by atoms with Crippen molar-refractivity contribution < 1.29 is 22.6 Å². The van der Waals surface area contributed by atoms with Gasteiger partial charge in [-0.05, 0) is 38.3 Å². The van der Waals surface area contributed by atoms with Gasteiger partial charge in [-0.3, -0.25) is 9.97 Å². The summed E-state index contributed by atoms with van der Waals surface area (Å²) in [5.41, 5.74) is 14.5. The van der Waals surface area contributed by atoms with Crippen molar-refractivity contribution in [2.24, 2.45) is 5.73 Å². The molecule has 4 aromatic rings. The first-order valence-corrected chi connectivity index (χ1v) is 13.2. The minimum atomic E-state index is -2.51. The average molecular weight is 572 g/mol. The lowest BCUT2D eigenvalue weighted by Crippen LogP contribution is -2.55. The van der Waals surface area contributed by atoms with Crippen LogP contribution in [0.15, 0.2) is 37.2 Å². The van der Waals surface area contributed by atoms with E-state index in [1.54, 1.807) is 23.2 Å².